The van der Waals surface area contributed by atoms with Crippen molar-refractivity contribution >= 4 is 22.3 Å². The largest absolute Gasteiger partial charge is 0.479 e. The van der Waals surface area contributed by atoms with Crippen molar-refractivity contribution in [3.05, 3.63) is 0 Å². The minimum absolute atomic E-state index is 0.256. The standard InChI is InChI=1S/C12H20O8S/c1-3-5-7-11(9(13)14)12(10(15)16,8-6-4-2)20-21(17,18)19-11/h3-8H2,1-2H3,(H,13,14)(H,15,16)/t11-,12-/m0/s1. The van der Waals surface area contributed by atoms with Gasteiger partial charge in [-0.3, -0.25) is 0 Å². The van der Waals surface area contributed by atoms with E-state index in [2.05, 4.69) is 8.37 Å². The van der Waals surface area contributed by atoms with Gasteiger partial charge in [0.15, 0.2) is 0 Å². The van der Waals surface area contributed by atoms with Gasteiger partial charge in [-0.1, -0.05) is 39.5 Å². The number of carboxylic acid groups (broad SMARTS) is 2. The van der Waals surface area contributed by atoms with Gasteiger partial charge in [-0.05, 0) is 12.8 Å². The van der Waals surface area contributed by atoms with Gasteiger partial charge in [-0.25, -0.2) is 18.0 Å². The second-order valence-electron chi connectivity index (χ2n) is 5.05. The summed E-state index contributed by atoms with van der Waals surface area (Å²) in [6.07, 6.45) is 1.20. The number of carboxylic acids is 2. The van der Waals surface area contributed by atoms with Crippen LogP contribution >= 0.6 is 0 Å². The molecular formula is C12H20O8S. The van der Waals surface area contributed by atoms with Gasteiger partial charge in [0.1, 0.15) is 0 Å². The van der Waals surface area contributed by atoms with Crippen molar-refractivity contribution in [2.24, 2.45) is 0 Å². The van der Waals surface area contributed by atoms with E-state index >= 15 is 0 Å². The Hall–Kier alpha value is -1.19. The fourth-order valence-electron chi connectivity index (χ4n) is 2.47. The summed E-state index contributed by atoms with van der Waals surface area (Å²) in [6.45, 7) is 3.54. The number of rotatable bonds is 8. The normalized spacial score (nSPS) is 31.1. The lowest BCUT2D eigenvalue weighted by atomic mass is 9.76. The van der Waals surface area contributed by atoms with E-state index in [4.69, 9.17) is 0 Å². The van der Waals surface area contributed by atoms with E-state index in [1.807, 2.05) is 0 Å². The zero-order valence-corrected chi connectivity index (χ0v) is 12.8. The van der Waals surface area contributed by atoms with Gasteiger partial charge < -0.3 is 10.2 Å². The first-order valence-corrected chi connectivity index (χ1v) is 8.14. The summed E-state index contributed by atoms with van der Waals surface area (Å²) in [6, 6.07) is 0. The lowest BCUT2D eigenvalue weighted by Crippen LogP contribution is -2.61. The van der Waals surface area contributed by atoms with E-state index < -0.39 is 33.5 Å². The van der Waals surface area contributed by atoms with E-state index in [1.165, 1.54) is 0 Å². The molecule has 0 unspecified atom stereocenters. The average molecular weight is 324 g/mol. The monoisotopic (exact) mass is 324 g/mol. The van der Waals surface area contributed by atoms with Gasteiger partial charge in [0.2, 0.25) is 11.2 Å². The molecule has 0 spiro atoms. The van der Waals surface area contributed by atoms with Crippen molar-refractivity contribution in [3.8, 4) is 0 Å². The van der Waals surface area contributed by atoms with Crippen LogP contribution in [0.3, 0.4) is 0 Å². The van der Waals surface area contributed by atoms with Gasteiger partial charge in [-0.2, -0.15) is 8.42 Å². The smallest absolute Gasteiger partial charge is 0.402 e. The minimum Gasteiger partial charge on any atom is -0.479 e. The maximum Gasteiger partial charge on any atom is 0.402 e. The molecule has 0 radical (unpaired) electrons. The molecule has 0 aromatic carbocycles. The third kappa shape index (κ3) is 3.04. The van der Waals surface area contributed by atoms with E-state index in [0.29, 0.717) is 25.7 Å². The maximum absolute atomic E-state index is 11.7. The van der Waals surface area contributed by atoms with E-state index in [9.17, 15) is 28.2 Å². The molecular weight excluding hydrogens is 304 g/mol. The van der Waals surface area contributed by atoms with Crippen molar-refractivity contribution < 1.29 is 36.6 Å². The Bertz CT molecular complexity index is 473. The fourth-order valence-corrected chi connectivity index (χ4v) is 3.78. The molecule has 1 heterocycles. The molecule has 0 saturated carbocycles. The van der Waals surface area contributed by atoms with Crippen LogP contribution < -0.4 is 0 Å². The highest BCUT2D eigenvalue weighted by Gasteiger charge is 2.72. The number of hydrogen-bond donors (Lipinski definition) is 2. The third-order valence-electron chi connectivity index (χ3n) is 3.60. The number of carbonyl (C=O) groups is 2. The number of unbranched alkanes of at least 4 members (excludes halogenated alkanes) is 2. The van der Waals surface area contributed by atoms with Crippen molar-refractivity contribution in [2.75, 3.05) is 0 Å². The predicted molar refractivity (Wildman–Crippen MR) is 70.9 cm³/mol. The second kappa shape index (κ2) is 6.29. The molecule has 0 bridgehead atoms. The Morgan fingerprint density at radius 1 is 0.905 bits per heavy atom. The molecule has 0 amide bonds. The molecule has 1 aliphatic heterocycles. The Morgan fingerprint density at radius 3 is 1.48 bits per heavy atom. The Labute approximate surface area is 123 Å². The van der Waals surface area contributed by atoms with Crippen LogP contribution in [0.5, 0.6) is 0 Å². The lowest BCUT2D eigenvalue weighted by Gasteiger charge is -2.34. The maximum atomic E-state index is 11.7. The molecule has 1 saturated heterocycles. The van der Waals surface area contributed by atoms with Crippen molar-refractivity contribution in [1.29, 1.82) is 0 Å². The van der Waals surface area contributed by atoms with Crippen LogP contribution in [0.25, 0.3) is 0 Å². The van der Waals surface area contributed by atoms with Crippen molar-refractivity contribution in [3.63, 3.8) is 0 Å². The predicted octanol–water partition coefficient (Wildman–Crippen LogP) is 1.31. The molecule has 8 nitrogen and oxygen atoms in total. The SMILES string of the molecule is CCCC[C@@]1(C(=O)O)OS(=O)(=O)O[C@@]1(CCCC)C(=O)O. The van der Waals surface area contributed by atoms with Crippen LogP contribution in [0, 0.1) is 0 Å². The van der Waals surface area contributed by atoms with Crippen molar-refractivity contribution in [2.45, 2.75) is 63.6 Å². The molecule has 9 heteroatoms. The van der Waals surface area contributed by atoms with E-state index in [-0.39, 0.29) is 12.8 Å². The Balaban J connectivity index is 3.44. The first kappa shape index (κ1) is 17.9. The van der Waals surface area contributed by atoms with Crippen LogP contribution in [0.4, 0.5) is 0 Å². The molecule has 1 aliphatic rings. The summed E-state index contributed by atoms with van der Waals surface area (Å²) in [7, 11) is -4.67. The third-order valence-corrected chi connectivity index (χ3v) is 4.57. The van der Waals surface area contributed by atoms with Crippen LogP contribution in [0.15, 0.2) is 0 Å². The topological polar surface area (TPSA) is 127 Å². The Kier molecular flexibility index (Phi) is 5.35. The summed E-state index contributed by atoms with van der Waals surface area (Å²) in [5.41, 5.74) is -4.86. The fraction of sp³-hybridized carbons (Fsp3) is 0.833. The van der Waals surface area contributed by atoms with Gasteiger partial charge >= 0.3 is 22.3 Å². The molecule has 2 atom stereocenters. The molecule has 0 aromatic rings. The second-order valence-corrected chi connectivity index (χ2v) is 6.20. The molecule has 0 aromatic heterocycles. The first-order chi connectivity index (χ1) is 9.67. The van der Waals surface area contributed by atoms with E-state index in [0.717, 1.165) is 0 Å². The zero-order valence-electron chi connectivity index (χ0n) is 12.0. The van der Waals surface area contributed by atoms with E-state index in [1.54, 1.807) is 13.8 Å². The summed E-state index contributed by atoms with van der Waals surface area (Å²) in [5, 5.41) is 18.9. The molecule has 122 valence electrons. The zero-order chi connectivity index (χ0) is 16.3. The highest BCUT2D eigenvalue weighted by Crippen LogP contribution is 2.47. The molecule has 1 fully saturated rings. The molecule has 21 heavy (non-hydrogen) atoms. The summed E-state index contributed by atoms with van der Waals surface area (Å²) in [5.74, 6) is -3.29. The van der Waals surface area contributed by atoms with Crippen LogP contribution in [0.2, 0.25) is 0 Å². The number of aliphatic carboxylic acids is 2. The van der Waals surface area contributed by atoms with Crippen LogP contribution in [-0.4, -0.2) is 41.8 Å². The summed E-state index contributed by atoms with van der Waals surface area (Å²) < 4.78 is 32.5. The first-order valence-electron chi connectivity index (χ1n) is 6.80. The molecule has 0 aliphatic carbocycles. The quantitative estimate of drug-likeness (QED) is 0.684. The summed E-state index contributed by atoms with van der Waals surface area (Å²) >= 11 is 0. The highest BCUT2D eigenvalue weighted by atomic mass is 32.3. The molecule has 1 rings (SSSR count). The minimum atomic E-state index is -4.67. The number of hydrogen-bond acceptors (Lipinski definition) is 6. The van der Waals surface area contributed by atoms with Crippen molar-refractivity contribution in [1.82, 2.24) is 0 Å². The average Bonchev–Trinajstić information content (AvgIpc) is 2.63. The highest BCUT2D eigenvalue weighted by molar-refractivity contribution is 7.82. The van der Waals surface area contributed by atoms with Gasteiger partial charge in [0.25, 0.3) is 0 Å². The summed E-state index contributed by atoms with van der Waals surface area (Å²) in [4.78, 5) is 23.3. The van der Waals surface area contributed by atoms with Crippen LogP contribution in [0.1, 0.15) is 52.4 Å². The lowest BCUT2D eigenvalue weighted by molar-refractivity contribution is -0.183. The van der Waals surface area contributed by atoms with Gasteiger partial charge in [0.05, 0.1) is 0 Å². The van der Waals surface area contributed by atoms with Crippen LogP contribution in [-0.2, 0) is 28.4 Å². The van der Waals surface area contributed by atoms with Gasteiger partial charge in [-0.15, -0.1) is 0 Å². The Morgan fingerprint density at radius 2 is 1.24 bits per heavy atom. The van der Waals surface area contributed by atoms with Gasteiger partial charge in [0, 0.05) is 0 Å². The molecule has 2 N–H and O–H groups in total.